The Morgan fingerprint density at radius 3 is 2.71 bits per heavy atom. The molecular formula is C9H16N4O. The van der Waals surface area contributed by atoms with Crippen molar-refractivity contribution in [3.05, 3.63) is 16.3 Å². The number of aromatic nitrogens is 3. The van der Waals surface area contributed by atoms with Gasteiger partial charge in [0.1, 0.15) is 0 Å². The molecule has 1 heterocycles. The maximum Gasteiger partial charge on any atom is 0.364 e. The molecule has 1 aromatic rings. The first-order chi connectivity index (χ1) is 6.50. The van der Waals surface area contributed by atoms with Gasteiger partial charge in [0.15, 0.2) is 5.82 Å². The number of hydrogen-bond acceptors (Lipinski definition) is 3. The fourth-order valence-corrected chi connectivity index (χ4v) is 1.29. The van der Waals surface area contributed by atoms with Gasteiger partial charge < -0.3 is 0 Å². The molecule has 5 heteroatoms. The molecule has 0 aromatic carbocycles. The van der Waals surface area contributed by atoms with E-state index in [1.54, 1.807) is 6.92 Å². The molecule has 78 valence electrons. The summed E-state index contributed by atoms with van der Waals surface area (Å²) in [5, 5.41) is 10.3. The lowest BCUT2D eigenvalue weighted by Gasteiger charge is -2.03. The first kappa shape index (κ1) is 10.7. The molecule has 0 aliphatic heterocycles. The van der Waals surface area contributed by atoms with E-state index in [1.807, 2.05) is 6.92 Å². The van der Waals surface area contributed by atoms with E-state index in [4.69, 9.17) is 0 Å². The van der Waals surface area contributed by atoms with Gasteiger partial charge in [0.2, 0.25) is 0 Å². The molecule has 0 aliphatic rings. The predicted molar refractivity (Wildman–Crippen MR) is 55.5 cm³/mol. The van der Waals surface area contributed by atoms with Crippen LogP contribution in [-0.4, -0.2) is 20.6 Å². The Hall–Kier alpha value is -1.39. The van der Waals surface area contributed by atoms with Crippen LogP contribution in [0, 0.1) is 12.8 Å². The smallest absolute Gasteiger partial charge is 0.244 e. The molecule has 14 heavy (non-hydrogen) atoms. The summed E-state index contributed by atoms with van der Waals surface area (Å²) in [5.41, 5.74) is 0.650. The molecule has 1 rings (SSSR count). The monoisotopic (exact) mass is 196 g/mol. The Morgan fingerprint density at radius 2 is 2.29 bits per heavy atom. The standard InChI is InChI=1S/C9H16N4O/c1-6(2)5-7(3)12-13-8(4)10-11-9(13)14/h6H,5H2,1-4H3,(H,11,14)/b12-7+. The van der Waals surface area contributed by atoms with Crippen LogP contribution in [-0.2, 0) is 0 Å². The minimum atomic E-state index is -0.286. The second kappa shape index (κ2) is 4.21. The van der Waals surface area contributed by atoms with E-state index in [-0.39, 0.29) is 5.69 Å². The van der Waals surface area contributed by atoms with E-state index in [2.05, 4.69) is 29.1 Å². The fourth-order valence-electron chi connectivity index (χ4n) is 1.29. The summed E-state index contributed by atoms with van der Waals surface area (Å²) in [7, 11) is 0. The van der Waals surface area contributed by atoms with Crippen LogP contribution in [0.2, 0.25) is 0 Å². The largest absolute Gasteiger partial charge is 0.364 e. The van der Waals surface area contributed by atoms with Crippen LogP contribution in [0.4, 0.5) is 0 Å². The third kappa shape index (κ3) is 2.55. The molecular weight excluding hydrogens is 180 g/mol. The highest BCUT2D eigenvalue weighted by Crippen LogP contribution is 2.01. The summed E-state index contributed by atoms with van der Waals surface area (Å²) in [6.45, 7) is 7.89. The highest BCUT2D eigenvalue weighted by molar-refractivity contribution is 5.81. The average molecular weight is 196 g/mol. The SMILES string of the molecule is C/C(CC(C)C)=N\n1c(C)n[nH]c1=O. The van der Waals surface area contributed by atoms with E-state index in [0.717, 1.165) is 12.1 Å². The molecule has 0 unspecified atom stereocenters. The van der Waals surface area contributed by atoms with E-state index >= 15 is 0 Å². The maximum atomic E-state index is 11.2. The van der Waals surface area contributed by atoms with Gasteiger partial charge in [0.05, 0.1) is 0 Å². The topological polar surface area (TPSA) is 63.0 Å². The summed E-state index contributed by atoms with van der Waals surface area (Å²) in [4.78, 5) is 11.2. The first-order valence-corrected chi connectivity index (χ1v) is 4.69. The lowest BCUT2D eigenvalue weighted by Crippen LogP contribution is -2.15. The van der Waals surface area contributed by atoms with Crippen molar-refractivity contribution in [1.82, 2.24) is 14.9 Å². The summed E-state index contributed by atoms with van der Waals surface area (Å²) in [6.07, 6.45) is 0.886. The van der Waals surface area contributed by atoms with Gasteiger partial charge in [-0.15, -0.1) is 0 Å². The molecule has 1 aromatic heterocycles. The zero-order valence-corrected chi connectivity index (χ0v) is 9.03. The van der Waals surface area contributed by atoms with Gasteiger partial charge in [-0.05, 0) is 26.2 Å². The molecule has 0 amide bonds. The van der Waals surface area contributed by atoms with Gasteiger partial charge in [0.25, 0.3) is 0 Å². The molecule has 0 atom stereocenters. The van der Waals surface area contributed by atoms with Gasteiger partial charge in [-0.1, -0.05) is 13.8 Å². The Morgan fingerprint density at radius 1 is 1.64 bits per heavy atom. The summed E-state index contributed by atoms with van der Waals surface area (Å²) < 4.78 is 1.29. The van der Waals surface area contributed by atoms with Crippen LogP contribution in [0.3, 0.4) is 0 Å². The molecule has 0 aliphatic carbocycles. The minimum absolute atomic E-state index is 0.286. The second-order valence-corrected chi connectivity index (χ2v) is 3.82. The molecule has 1 N–H and O–H groups in total. The quantitative estimate of drug-likeness (QED) is 0.737. The number of aryl methyl sites for hydroxylation is 1. The minimum Gasteiger partial charge on any atom is -0.244 e. The Labute approximate surface area is 82.8 Å². The lowest BCUT2D eigenvalue weighted by atomic mass is 10.1. The van der Waals surface area contributed by atoms with Crippen LogP contribution in [0.25, 0.3) is 0 Å². The molecule has 0 spiro atoms. The van der Waals surface area contributed by atoms with Crippen molar-refractivity contribution < 1.29 is 0 Å². The average Bonchev–Trinajstić information content (AvgIpc) is 2.34. The lowest BCUT2D eigenvalue weighted by molar-refractivity contribution is 0.672. The third-order valence-corrected chi connectivity index (χ3v) is 1.79. The van der Waals surface area contributed by atoms with Gasteiger partial charge in [-0.3, -0.25) is 0 Å². The third-order valence-electron chi connectivity index (χ3n) is 1.79. The summed E-state index contributed by atoms with van der Waals surface area (Å²) >= 11 is 0. The van der Waals surface area contributed by atoms with Gasteiger partial charge >= 0.3 is 5.69 Å². The Kier molecular flexibility index (Phi) is 3.22. The number of nitrogens with one attached hydrogen (secondary N) is 1. The highest BCUT2D eigenvalue weighted by Gasteiger charge is 2.03. The van der Waals surface area contributed by atoms with Crippen molar-refractivity contribution in [1.29, 1.82) is 0 Å². The molecule has 0 saturated carbocycles. The van der Waals surface area contributed by atoms with Crippen LogP contribution in [0.15, 0.2) is 9.90 Å². The fraction of sp³-hybridized carbons (Fsp3) is 0.667. The Balaban J connectivity index is 2.91. The van der Waals surface area contributed by atoms with Crippen LogP contribution >= 0.6 is 0 Å². The van der Waals surface area contributed by atoms with Crippen molar-refractivity contribution in [3.63, 3.8) is 0 Å². The maximum absolute atomic E-state index is 11.2. The van der Waals surface area contributed by atoms with Crippen molar-refractivity contribution in [2.45, 2.75) is 34.1 Å². The van der Waals surface area contributed by atoms with Crippen molar-refractivity contribution >= 4 is 5.71 Å². The van der Waals surface area contributed by atoms with Gasteiger partial charge in [-0.25, -0.2) is 9.89 Å². The predicted octanol–water partition coefficient (Wildman–Crippen LogP) is 1.15. The van der Waals surface area contributed by atoms with Crippen LogP contribution in [0.5, 0.6) is 0 Å². The summed E-state index contributed by atoms with van der Waals surface area (Å²) in [6, 6.07) is 0. The molecule has 0 bridgehead atoms. The van der Waals surface area contributed by atoms with E-state index in [1.165, 1.54) is 4.68 Å². The summed E-state index contributed by atoms with van der Waals surface area (Å²) in [5.74, 6) is 1.12. The molecule has 5 nitrogen and oxygen atoms in total. The zero-order valence-electron chi connectivity index (χ0n) is 9.03. The first-order valence-electron chi connectivity index (χ1n) is 4.69. The Bertz CT molecular complexity index is 386. The van der Waals surface area contributed by atoms with E-state index in [0.29, 0.717) is 11.7 Å². The van der Waals surface area contributed by atoms with E-state index < -0.39 is 0 Å². The number of H-pyrrole nitrogens is 1. The number of nitrogens with zero attached hydrogens (tertiary/aromatic N) is 3. The van der Waals surface area contributed by atoms with Crippen LogP contribution in [0.1, 0.15) is 33.0 Å². The second-order valence-electron chi connectivity index (χ2n) is 3.82. The van der Waals surface area contributed by atoms with Crippen LogP contribution < -0.4 is 5.69 Å². The van der Waals surface area contributed by atoms with Gasteiger partial charge in [0, 0.05) is 5.71 Å². The number of aromatic amines is 1. The number of rotatable bonds is 3. The molecule has 0 fully saturated rings. The van der Waals surface area contributed by atoms with Crippen molar-refractivity contribution in [2.75, 3.05) is 0 Å². The van der Waals surface area contributed by atoms with E-state index in [9.17, 15) is 4.79 Å². The molecule has 0 radical (unpaired) electrons. The zero-order chi connectivity index (χ0) is 10.7. The molecule has 0 saturated heterocycles. The van der Waals surface area contributed by atoms with Crippen molar-refractivity contribution in [2.24, 2.45) is 11.0 Å². The normalized spacial score (nSPS) is 12.5. The number of hydrogen-bond donors (Lipinski definition) is 1. The van der Waals surface area contributed by atoms with Gasteiger partial charge in [-0.2, -0.15) is 14.9 Å². The highest BCUT2D eigenvalue weighted by atomic mass is 16.2. The van der Waals surface area contributed by atoms with Crippen molar-refractivity contribution in [3.8, 4) is 0 Å².